The molecular weight excluding hydrogens is 429 g/mol. The number of hydrogen-bond acceptors (Lipinski definition) is 3. The van der Waals surface area contributed by atoms with Crippen LogP contribution in [0.3, 0.4) is 0 Å². The van der Waals surface area contributed by atoms with Gasteiger partial charge >= 0.3 is 0 Å². The van der Waals surface area contributed by atoms with Crippen LogP contribution in [0.4, 0.5) is 0 Å². The van der Waals surface area contributed by atoms with Crippen molar-refractivity contribution in [1.82, 2.24) is 13.5 Å². The lowest BCUT2D eigenvalue weighted by Crippen LogP contribution is -2.53. The third-order valence-electron chi connectivity index (χ3n) is 4.32. The van der Waals surface area contributed by atoms with E-state index in [1.54, 1.807) is 15.3 Å². The van der Waals surface area contributed by atoms with E-state index in [1.807, 2.05) is 18.2 Å². The van der Waals surface area contributed by atoms with E-state index in [0.717, 1.165) is 16.4 Å². The molecule has 0 aliphatic carbocycles. The zero-order valence-electron chi connectivity index (χ0n) is 12.8. The highest BCUT2D eigenvalue weighted by Crippen LogP contribution is 2.19. The molecule has 3 rings (SSSR count). The zero-order chi connectivity index (χ0) is 16.4. The molecule has 2 saturated heterocycles. The number of nitrogens with zero attached hydrogens (tertiary/aromatic N) is 3. The van der Waals surface area contributed by atoms with E-state index in [2.05, 4.69) is 22.6 Å². The number of hydrogen-bond donors (Lipinski definition) is 0. The monoisotopic (exact) mass is 449 g/mol. The van der Waals surface area contributed by atoms with Crippen LogP contribution in [0.25, 0.3) is 0 Å². The fraction of sp³-hybridized carbons (Fsp3) is 0.533. The van der Waals surface area contributed by atoms with Gasteiger partial charge in [-0.2, -0.15) is 17.0 Å². The van der Waals surface area contributed by atoms with Gasteiger partial charge in [0.15, 0.2) is 0 Å². The maximum atomic E-state index is 12.5. The summed E-state index contributed by atoms with van der Waals surface area (Å²) in [4.78, 5) is 14.2. The minimum Gasteiger partial charge on any atom is -0.336 e. The molecule has 2 heterocycles. The largest absolute Gasteiger partial charge is 0.336 e. The Bertz CT molecular complexity index is 681. The highest BCUT2D eigenvalue weighted by Gasteiger charge is 2.34. The highest BCUT2D eigenvalue weighted by molar-refractivity contribution is 14.1. The van der Waals surface area contributed by atoms with Crippen LogP contribution in [0.5, 0.6) is 0 Å². The normalized spacial score (nSPS) is 20.8. The summed E-state index contributed by atoms with van der Waals surface area (Å²) in [5, 5.41) is 0. The van der Waals surface area contributed by atoms with Crippen molar-refractivity contribution in [2.45, 2.75) is 12.8 Å². The van der Waals surface area contributed by atoms with Crippen molar-refractivity contribution < 1.29 is 13.2 Å². The Morgan fingerprint density at radius 1 is 0.957 bits per heavy atom. The minimum absolute atomic E-state index is 0.0262. The number of halogens is 1. The van der Waals surface area contributed by atoms with Crippen LogP contribution >= 0.6 is 22.6 Å². The Morgan fingerprint density at radius 3 is 2.17 bits per heavy atom. The van der Waals surface area contributed by atoms with Gasteiger partial charge in [0.25, 0.3) is 16.1 Å². The summed E-state index contributed by atoms with van der Waals surface area (Å²) >= 11 is 2.18. The van der Waals surface area contributed by atoms with Crippen molar-refractivity contribution in [1.29, 1.82) is 0 Å². The number of carbonyl (C=O) groups excluding carboxylic acids is 1. The molecule has 0 saturated carbocycles. The van der Waals surface area contributed by atoms with Crippen molar-refractivity contribution >= 4 is 38.7 Å². The molecule has 6 nitrogen and oxygen atoms in total. The number of amides is 1. The molecule has 0 spiro atoms. The first-order chi connectivity index (χ1) is 11.0. The Balaban J connectivity index is 1.63. The SMILES string of the molecule is O=C(c1cccc(I)c1)N1CCN(S(=O)(=O)N2CCCC2)CC1. The van der Waals surface area contributed by atoms with E-state index in [4.69, 9.17) is 0 Å². The number of carbonyl (C=O) groups is 1. The lowest BCUT2D eigenvalue weighted by molar-refractivity contribution is 0.0694. The van der Waals surface area contributed by atoms with Crippen LogP contribution < -0.4 is 0 Å². The second-order valence-electron chi connectivity index (χ2n) is 5.82. The first kappa shape index (κ1) is 17.1. The summed E-state index contributed by atoms with van der Waals surface area (Å²) in [5.41, 5.74) is 0.660. The third-order valence-corrected chi connectivity index (χ3v) is 7.02. The van der Waals surface area contributed by atoms with Crippen molar-refractivity contribution in [3.8, 4) is 0 Å². The molecule has 0 unspecified atom stereocenters. The van der Waals surface area contributed by atoms with Gasteiger partial charge in [-0.1, -0.05) is 6.07 Å². The molecule has 0 N–H and O–H groups in total. The summed E-state index contributed by atoms with van der Waals surface area (Å²) in [6.07, 6.45) is 1.87. The molecule has 0 radical (unpaired) electrons. The maximum Gasteiger partial charge on any atom is 0.282 e. The Hall–Kier alpha value is -0.710. The van der Waals surface area contributed by atoms with Crippen molar-refractivity contribution in [3.63, 3.8) is 0 Å². The molecule has 0 aromatic heterocycles. The predicted octanol–water partition coefficient (Wildman–Crippen LogP) is 1.39. The number of piperazine rings is 1. The van der Waals surface area contributed by atoms with Gasteiger partial charge in [0.1, 0.15) is 0 Å². The quantitative estimate of drug-likeness (QED) is 0.656. The third kappa shape index (κ3) is 3.70. The summed E-state index contributed by atoms with van der Waals surface area (Å²) in [7, 11) is -3.35. The van der Waals surface area contributed by atoms with Crippen molar-refractivity contribution in [2.75, 3.05) is 39.3 Å². The molecular formula is C15H20IN3O3S. The van der Waals surface area contributed by atoms with Crippen LogP contribution in [-0.4, -0.2) is 67.1 Å². The molecule has 8 heteroatoms. The Morgan fingerprint density at radius 2 is 1.57 bits per heavy atom. The van der Waals surface area contributed by atoms with Crippen LogP contribution in [0, 0.1) is 3.57 Å². The van der Waals surface area contributed by atoms with E-state index in [-0.39, 0.29) is 5.91 Å². The lowest BCUT2D eigenvalue weighted by Gasteiger charge is -2.35. The fourth-order valence-corrected chi connectivity index (χ4v) is 5.22. The standard InChI is InChI=1S/C15H20IN3O3S/c16-14-5-3-4-13(12-14)15(20)17-8-10-19(11-9-17)23(21,22)18-6-1-2-7-18/h3-5,12H,1-2,6-11H2. The van der Waals surface area contributed by atoms with E-state index < -0.39 is 10.2 Å². The van der Waals surface area contributed by atoms with Gasteiger partial charge in [0.2, 0.25) is 0 Å². The highest BCUT2D eigenvalue weighted by atomic mass is 127. The number of benzene rings is 1. The smallest absolute Gasteiger partial charge is 0.282 e. The van der Waals surface area contributed by atoms with Crippen LogP contribution in [0.15, 0.2) is 24.3 Å². The van der Waals surface area contributed by atoms with Gasteiger partial charge in [0, 0.05) is 48.4 Å². The molecule has 23 heavy (non-hydrogen) atoms. The Labute approximate surface area is 150 Å². The predicted molar refractivity (Wildman–Crippen MR) is 96.4 cm³/mol. The lowest BCUT2D eigenvalue weighted by atomic mass is 10.2. The van der Waals surface area contributed by atoms with E-state index in [1.165, 1.54) is 4.31 Å². The first-order valence-electron chi connectivity index (χ1n) is 7.78. The summed E-state index contributed by atoms with van der Waals surface area (Å²) in [5.74, 6) is -0.0262. The van der Waals surface area contributed by atoms with E-state index in [9.17, 15) is 13.2 Å². The van der Waals surface area contributed by atoms with Crippen LogP contribution in [-0.2, 0) is 10.2 Å². The molecule has 2 aliphatic heterocycles. The van der Waals surface area contributed by atoms with Gasteiger partial charge in [-0.3, -0.25) is 4.79 Å². The van der Waals surface area contributed by atoms with Crippen molar-refractivity contribution in [3.05, 3.63) is 33.4 Å². The van der Waals surface area contributed by atoms with Gasteiger partial charge in [-0.25, -0.2) is 0 Å². The summed E-state index contributed by atoms with van der Waals surface area (Å²) in [6.45, 7) is 2.85. The second kappa shape index (κ2) is 7.04. The topological polar surface area (TPSA) is 60.9 Å². The van der Waals surface area contributed by atoms with E-state index in [0.29, 0.717) is 44.8 Å². The molecule has 1 aromatic rings. The van der Waals surface area contributed by atoms with Gasteiger partial charge in [0.05, 0.1) is 0 Å². The molecule has 1 aromatic carbocycles. The molecule has 1 amide bonds. The van der Waals surface area contributed by atoms with Gasteiger partial charge < -0.3 is 4.90 Å². The van der Waals surface area contributed by atoms with E-state index >= 15 is 0 Å². The molecule has 126 valence electrons. The maximum absolute atomic E-state index is 12.5. The molecule has 2 fully saturated rings. The van der Waals surface area contributed by atoms with Crippen molar-refractivity contribution in [2.24, 2.45) is 0 Å². The zero-order valence-corrected chi connectivity index (χ0v) is 15.8. The average Bonchev–Trinajstić information content (AvgIpc) is 3.09. The minimum atomic E-state index is -3.35. The summed E-state index contributed by atoms with van der Waals surface area (Å²) < 4.78 is 29.1. The average molecular weight is 449 g/mol. The molecule has 2 aliphatic rings. The van der Waals surface area contributed by atoms with Crippen LogP contribution in [0.1, 0.15) is 23.2 Å². The molecule has 0 atom stereocenters. The van der Waals surface area contributed by atoms with Gasteiger partial charge in [-0.05, 0) is 53.6 Å². The number of rotatable bonds is 3. The van der Waals surface area contributed by atoms with Gasteiger partial charge in [-0.15, -0.1) is 0 Å². The second-order valence-corrected chi connectivity index (χ2v) is 8.99. The first-order valence-corrected chi connectivity index (χ1v) is 10.3. The molecule has 0 bridgehead atoms. The van der Waals surface area contributed by atoms with Crippen LogP contribution in [0.2, 0.25) is 0 Å². The Kier molecular flexibility index (Phi) is 5.24. The fourth-order valence-electron chi connectivity index (χ4n) is 3.01. The summed E-state index contributed by atoms with van der Waals surface area (Å²) in [6, 6.07) is 7.47.